The first-order valence-electron chi connectivity index (χ1n) is 5.10. The standard InChI is InChI=1S/C11H11BrF3NO3/c1-10(19,9(17)18)5-16-8-3-6(11(13,14)15)2-7(12)4-8/h2-4,16,19H,5H2,1H3,(H,17,18). The monoisotopic (exact) mass is 341 g/mol. The SMILES string of the molecule is CC(O)(CNc1cc(Br)cc(C(F)(F)F)c1)C(=O)O. The van der Waals surface area contributed by atoms with Crippen LogP contribution < -0.4 is 5.32 Å². The highest BCUT2D eigenvalue weighted by Gasteiger charge is 2.32. The summed E-state index contributed by atoms with van der Waals surface area (Å²) in [7, 11) is 0. The lowest BCUT2D eigenvalue weighted by Crippen LogP contribution is -2.41. The first-order chi connectivity index (χ1) is 8.52. The molecule has 0 radical (unpaired) electrons. The average Bonchev–Trinajstić information content (AvgIpc) is 2.24. The molecule has 0 aromatic heterocycles. The third kappa shape index (κ3) is 4.39. The van der Waals surface area contributed by atoms with Gasteiger partial charge in [0.1, 0.15) is 0 Å². The normalized spacial score (nSPS) is 14.8. The molecule has 0 fully saturated rings. The molecule has 106 valence electrons. The molecule has 1 atom stereocenters. The van der Waals surface area contributed by atoms with Gasteiger partial charge in [0, 0.05) is 10.2 Å². The fourth-order valence-corrected chi connectivity index (χ4v) is 1.70. The quantitative estimate of drug-likeness (QED) is 0.787. The van der Waals surface area contributed by atoms with Gasteiger partial charge >= 0.3 is 12.1 Å². The van der Waals surface area contributed by atoms with Crippen molar-refractivity contribution >= 4 is 27.6 Å². The second-order valence-electron chi connectivity index (χ2n) is 4.16. The lowest BCUT2D eigenvalue weighted by molar-refractivity contribution is -0.155. The first-order valence-corrected chi connectivity index (χ1v) is 5.89. The molecule has 1 rings (SSSR count). The number of hydrogen-bond acceptors (Lipinski definition) is 3. The molecule has 0 bridgehead atoms. The van der Waals surface area contributed by atoms with Crippen LogP contribution in [0.1, 0.15) is 12.5 Å². The lowest BCUT2D eigenvalue weighted by atomic mass is 10.1. The first kappa shape index (κ1) is 15.8. The van der Waals surface area contributed by atoms with E-state index < -0.39 is 29.9 Å². The number of aliphatic hydroxyl groups is 1. The molecule has 0 saturated heterocycles. The largest absolute Gasteiger partial charge is 0.479 e. The Morgan fingerprint density at radius 1 is 1.37 bits per heavy atom. The molecule has 0 aliphatic heterocycles. The van der Waals surface area contributed by atoms with Crippen molar-refractivity contribution in [3.05, 3.63) is 28.2 Å². The number of carboxylic acids is 1. The van der Waals surface area contributed by atoms with Gasteiger partial charge in [-0.25, -0.2) is 4.79 Å². The van der Waals surface area contributed by atoms with Crippen molar-refractivity contribution in [1.82, 2.24) is 0 Å². The second kappa shape index (κ2) is 5.38. The fourth-order valence-electron chi connectivity index (χ4n) is 1.21. The number of halogens is 4. The summed E-state index contributed by atoms with van der Waals surface area (Å²) in [6.07, 6.45) is -4.50. The summed E-state index contributed by atoms with van der Waals surface area (Å²) in [6.45, 7) is 0.626. The number of anilines is 1. The highest BCUT2D eigenvalue weighted by molar-refractivity contribution is 9.10. The summed E-state index contributed by atoms with van der Waals surface area (Å²) >= 11 is 2.94. The summed E-state index contributed by atoms with van der Waals surface area (Å²) in [5, 5.41) is 20.6. The number of hydrogen-bond donors (Lipinski definition) is 3. The van der Waals surface area contributed by atoms with Gasteiger partial charge in [0.05, 0.1) is 12.1 Å². The van der Waals surface area contributed by atoms with E-state index in [0.29, 0.717) is 0 Å². The van der Waals surface area contributed by atoms with E-state index in [0.717, 1.165) is 19.1 Å². The van der Waals surface area contributed by atoms with Crippen molar-refractivity contribution < 1.29 is 28.2 Å². The summed E-state index contributed by atoms with van der Waals surface area (Å²) in [6, 6.07) is 3.09. The zero-order chi connectivity index (χ0) is 14.8. The number of benzene rings is 1. The highest BCUT2D eigenvalue weighted by atomic mass is 79.9. The molecule has 0 spiro atoms. The van der Waals surface area contributed by atoms with Crippen LogP contribution in [0.4, 0.5) is 18.9 Å². The molecule has 0 amide bonds. The molecule has 4 nitrogen and oxygen atoms in total. The molecular weight excluding hydrogens is 331 g/mol. The van der Waals surface area contributed by atoms with E-state index in [1.165, 1.54) is 6.07 Å². The van der Waals surface area contributed by atoms with Gasteiger partial charge in [-0.3, -0.25) is 0 Å². The minimum absolute atomic E-state index is 0.0585. The molecule has 0 aliphatic carbocycles. The zero-order valence-corrected chi connectivity index (χ0v) is 11.3. The van der Waals surface area contributed by atoms with Crippen molar-refractivity contribution in [2.75, 3.05) is 11.9 Å². The molecule has 0 heterocycles. The van der Waals surface area contributed by atoms with E-state index in [9.17, 15) is 23.1 Å². The highest BCUT2D eigenvalue weighted by Crippen LogP contribution is 2.33. The molecule has 8 heteroatoms. The Kier molecular flexibility index (Phi) is 4.46. The lowest BCUT2D eigenvalue weighted by Gasteiger charge is -2.19. The minimum atomic E-state index is -4.50. The number of rotatable bonds is 4. The topological polar surface area (TPSA) is 69.6 Å². The van der Waals surface area contributed by atoms with Gasteiger partial charge in [-0.05, 0) is 25.1 Å². The maximum Gasteiger partial charge on any atom is 0.416 e. The van der Waals surface area contributed by atoms with Gasteiger partial charge in [-0.15, -0.1) is 0 Å². The molecular formula is C11H11BrF3NO3. The summed E-state index contributed by atoms with van der Waals surface area (Å²) < 4.78 is 37.9. The zero-order valence-electron chi connectivity index (χ0n) is 9.75. The van der Waals surface area contributed by atoms with Crippen LogP contribution in [0.25, 0.3) is 0 Å². The van der Waals surface area contributed by atoms with E-state index in [1.54, 1.807) is 0 Å². The maximum atomic E-state index is 12.6. The number of nitrogens with one attached hydrogen (secondary N) is 1. The van der Waals surface area contributed by atoms with Crippen molar-refractivity contribution in [2.45, 2.75) is 18.7 Å². The number of carboxylic acid groups (broad SMARTS) is 1. The van der Waals surface area contributed by atoms with Gasteiger partial charge in [0.25, 0.3) is 0 Å². The molecule has 0 aliphatic rings. The minimum Gasteiger partial charge on any atom is -0.479 e. The van der Waals surface area contributed by atoms with Gasteiger partial charge in [0.2, 0.25) is 0 Å². The Morgan fingerprint density at radius 3 is 2.42 bits per heavy atom. The summed E-state index contributed by atoms with van der Waals surface area (Å²) in [4.78, 5) is 10.7. The Hall–Kier alpha value is -1.28. The van der Waals surface area contributed by atoms with Crippen LogP contribution in [0.2, 0.25) is 0 Å². The van der Waals surface area contributed by atoms with Crippen LogP contribution in [0.15, 0.2) is 22.7 Å². The molecule has 0 saturated carbocycles. The van der Waals surface area contributed by atoms with Crippen molar-refractivity contribution in [3.63, 3.8) is 0 Å². The van der Waals surface area contributed by atoms with Crippen LogP contribution in [-0.4, -0.2) is 28.3 Å². The van der Waals surface area contributed by atoms with Crippen LogP contribution in [-0.2, 0) is 11.0 Å². The number of carbonyl (C=O) groups is 1. The molecule has 19 heavy (non-hydrogen) atoms. The Morgan fingerprint density at radius 2 is 1.95 bits per heavy atom. The van der Waals surface area contributed by atoms with E-state index in [-0.39, 0.29) is 10.2 Å². The van der Waals surface area contributed by atoms with Gasteiger partial charge in [0.15, 0.2) is 5.60 Å². The summed E-state index contributed by atoms with van der Waals surface area (Å²) in [5.74, 6) is -1.47. The van der Waals surface area contributed by atoms with E-state index >= 15 is 0 Å². The van der Waals surface area contributed by atoms with Crippen LogP contribution in [0.5, 0.6) is 0 Å². The van der Waals surface area contributed by atoms with Crippen LogP contribution >= 0.6 is 15.9 Å². The third-order valence-electron chi connectivity index (χ3n) is 2.32. The van der Waals surface area contributed by atoms with Crippen molar-refractivity contribution in [1.29, 1.82) is 0 Å². The Bertz CT molecular complexity index is 489. The number of aliphatic carboxylic acids is 1. The van der Waals surface area contributed by atoms with Gasteiger partial charge < -0.3 is 15.5 Å². The number of alkyl halides is 3. The molecule has 1 unspecified atom stereocenters. The smallest absolute Gasteiger partial charge is 0.416 e. The Balaban J connectivity index is 2.91. The second-order valence-corrected chi connectivity index (χ2v) is 5.07. The molecule has 1 aromatic rings. The van der Waals surface area contributed by atoms with Crippen molar-refractivity contribution in [2.24, 2.45) is 0 Å². The molecule has 1 aromatic carbocycles. The van der Waals surface area contributed by atoms with Gasteiger partial charge in [-0.2, -0.15) is 13.2 Å². The van der Waals surface area contributed by atoms with Gasteiger partial charge in [-0.1, -0.05) is 15.9 Å². The Labute approximate surface area is 115 Å². The summed E-state index contributed by atoms with van der Waals surface area (Å²) in [5.41, 5.74) is -2.89. The van der Waals surface area contributed by atoms with E-state index in [2.05, 4.69) is 21.2 Å². The van der Waals surface area contributed by atoms with Crippen molar-refractivity contribution in [3.8, 4) is 0 Å². The fraction of sp³-hybridized carbons (Fsp3) is 0.364. The van der Waals surface area contributed by atoms with E-state index in [1.807, 2.05) is 0 Å². The third-order valence-corrected chi connectivity index (χ3v) is 2.78. The van der Waals surface area contributed by atoms with Crippen LogP contribution in [0.3, 0.4) is 0 Å². The van der Waals surface area contributed by atoms with Crippen LogP contribution in [0, 0.1) is 0 Å². The average molecular weight is 342 g/mol. The molecule has 3 N–H and O–H groups in total. The maximum absolute atomic E-state index is 12.6. The predicted molar refractivity (Wildman–Crippen MR) is 65.9 cm³/mol. The van der Waals surface area contributed by atoms with E-state index in [4.69, 9.17) is 5.11 Å². The predicted octanol–water partition coefficient (Wildman–Crippen LogP) is 2.72.